The molecule has 8 aromatic rings. The first-order valence-electron chi connectivity index (χ1n) is 17.6. The number of para-hydroxylation sites is 2. The molecule has 0 saturated heterocycles. The Morgan fingerprint density at radius 1 is 0.571 bits per heavy atom. The highest BCUT2D eigenvalue weighted by Gasteiger charge is 2.42. The summed E-state index contributed by atoms with van der Waals surface area (Å²) >= 11 is 0. The van der Waals surface area contributed by atoms with Crippen LogP contribution in [0.25, 0.3) is 49.4 Å². The van der Waals surface area contributed by atoms with E-state index in [1.807, 2.05) is 0 Å². The molecule has 0 spiro atoms. The number of furan rings is 1. The van der Waals surface area contributed by atoms with Crippen LogP contribution in [0, 0.1) is 6.92 Å². The van der Waals surface area contributed by atoms with Crippen molar-refractivity contribution in [3.05, 3.63) is 126 Å². The number of rotatable bonds is 1. The maximum Gasteiger partial charge on any atom is 0.252 e. The first kappa shape index (κ1) is 28.8. The normalized spacial score (nSPS) is 13.9. The molecule has 2 aliphatic heterocycles. The second-order valence-corrected chi connectivity index (χ2v) is 16.3. The Balaban J connectivity index is 1.35. The average Bonchev–Trinajstić information content (AvgIpc) is 3.62. The van der Waals surface area contributed by atoms with Gasteiger partial charge >= 0.3 is 0 Å². The molecule has 2 aliphatic rings. The number of aromatic nitrogens is 1. The predicted octanol–water partition coefficient (Wildman–Crippen LogP) is 10.2. The highest BCUT2D eigenvalue weighted by molar-refractivity contribution is 7.00. The summed E-state index contributed by atoms with van der Waals surface area (Å²) in [4.78, 5) is 2.52. The molecule has 0 bridgehead atoms. The molecule has 238 valence electrons. The summed E-state index contributed by atoms with van der Waals surface area (Å²) in [6, 6.07) is 41.2. The van der Waals surface area contributed by atoms with Gasteiger partial charge in [0.1, 0.15) is 11.2 Å². The molecule has 3 nitrogen and oxygen atoms in total. The van der Waals surface area contributed by atoms with Crippen molar-refractivity contribution in [1.82, 2.24) is 4.57 Å². The molecule has 0 aliphatic carbocycles. The zero-order valence-electron chi connectivity index (χ0n) is 29.3. The maximum atomic E-state index is 6.43. The number of fused-ring (bicyclic) bond motifs is 11. The van der Waals surface area contributed by atoms with Crippen LogP contribution in [0.2, 0.25) is 0 Å². The van der Waals surface area contributed by atoms with E-state index in [0.29, 0.717) is 0 Å². The topological polar surface area (TPSA) is 21.3 Å². The molecule has 0 fully saturated rings. The summed E-state index contributed by atoms with van der Waals surface area (Å²) in [5.74, 6) is 0. The molecule has 49 heavy (non-hydrogen) atoms. The summed E-state index contributed by atoms with van der Waals surface area (Å²) < 4.78 is 8.98. The van der Waals surface area contributed by atoms with Gasteiger partial charge in [0.05, 0.1) is 5.52 Å². The van der Waals surface area contributed by atoms with Gasteiger partial charge in [0.2, 0.25) is 0 Å². The van der Waals surface area contributed by atoms with E-state index in [9.17, 15) is 0 Å². The van der Waals surface area contributed by atoms with Gasteiger partial charge in [0.15, 0.2) is 0 Å². The Morgan fingerprint density at radius 2 is 1.29 bits per heavy atom. The summed E-state index contributed by atoms with van der Waals surface area (Å²) in [5, 5.41) is 4.93. The quantitative estimate of drug-likeness (QED) is 0.168. The molecule has 2 aromatic heterocycles. The van der Waals surface area contributed by atoms with Gasteiger partial charge in [-0.05, 0) is 99.4 Å². The zero-order valence-corrected chi connectivity index (χ0v) is 29.3. The second-order valence-electron chi connectivity index (χ2n) is 16.3. The van der Waals surface area contributed by atoms with Gasteiger partial charge in [-0.1, -0.05) is 102 Å². The van der Waals surface area contributed by atoms with E-state index in [-0.39, 0.29) is 17.5 Å². The average molecular weight is 635 g/mol. The van der Waals surface area contributed by atoms with E-state index in [0.717, 1.165) is 11.2 Å². The molecule has 4 heterocycles. The monoisotopic (exact) mass is 634 g/mol. The van der Waals surface area contributed by atoms with Gasteiger partial charge < -0.3 is 13.9 Å². The van der Waals surface area contributed by atoms with Gasteiger partial charge in [0.25, 0.3) is 6.71 Å². The lowest BCUT2D eigenvalue weighted by Gasteiger charge is -2.41. The summed E-state index contributed by atoms with van der Waals surface area (Å²) in [5.41, 5.74) is 17.6. The maximum absolute atomic E-state index is 6.43. The Morgan fingerprint density at radius 3 is 2.06 bits per heavy atom. The van der Waals surface area contributed by atoms with E-state index >= 15 is 0 Å². The third kappa shape index (κ3) is 3.86. The van der Waals surface area contributed by atoms with Gasteiger partial charge in [-0.3, -0.25) is 0 Å². The fraction of sp³-hybridized carbons (Fsp3) is 0.200. The first-order chi connectivity index (χ1) is 23.5. The number of anilines is 3. The lowest BCUT2D eigenvalue weighted by Crippen LogP contribution is -2.60. The number of aryl methyl sites for hydroxylation is 1. The van der Waals surface area contributed by atoms with Crippen molar-refractivity contribution in [2.24, 2.45) is 0 Å². The van der Waals surface area contributed by atoms with Crippen LogP contribution in [0.5, 0.6) is 0 Å². The number of benzene rings is 6. The van der Waals surface area contributed by atoms with Crippen molar-refractivity contribution in [1.29, 1.82) is 0 Å². The molecule has 10 rings (SSSR count). The minimum atomic E-state index is 0.0219. The summed E-state index contributed by atoms with van der Waals surface area (Å²) in [6.45, 7) is 16.2. The Kier molecular flexibility index (Phi) is 5.56. The predicted molar refractivity (Wildman–Crippen MR) is 210 cm³/mol. The summed E-state index contributed by atoms with van der Waals surface area (Å²) in [7, 11) is 0. The van der Waals surface area contributed by atoms with Crippen molar-refractivity contribution >= 4 is 83.9 Å². The van der Waals surface area contributed by atoms with Gasteiger partial charge in [-0.2, -0.15) is 0 Å². The van der Waals surface area contributed by atoms with E-state index in [1.54, 1.807) is 0 Å². The third-order valence-electron chi connectivity index (χ3n) is 11.1. The standard InChI is InChI=1S/C45H39BN2O/c1-26-23-36-42-37(24-26)48-35-21-22-39-41(30-11-8-9-14-38(30)49-39)40(35)31-12-10-13-32(43(31)48)46(42)33-25-28(45(5,6)7)17-20-34(33)47(36)29-18-15-27(16-19-29)44(2,3)4/h8-25H,1-7H3. The lowest BCUT2D eigenvalue weighted by atomic mass is 9.33. The van der Waals surface area contributed by atoms with E-state index in [2.05, 4.69) is 167 Å². The van der Waals surface area contributed by atoms with Crippen molar-refractivity contribution in [2.45, 2.75) is 59.3 Å². The lowest BCUT2D eigenvalue weighted by molar-refractivity contribution is 0.590. The van der Waals surface area contributed by atoms with Crippen molar-refractivity contribution in [3.8, 4) is 5.69 Å². The fourth-order valence-corrected chi connectivity index (χ4v) is 8.76. The number of hydrogen-bond acceptors (Lipinski definition) is 2. The fourth-order valence-electron chi connectivity index (χ4n) is 8.76. The molecular formula is C45H39BN2O. The molecule has 4 heteroatoms. The highest BCUT2D eigenvalue weighted by Crippen LogP contribution is 2.45. The second kappa shape index (κ2) is 9.48. The van der Waals surface area contributed by atoms with Crippen LogP contribution in [0.1, 0.15) is 58.2 Å². The minimum Gasteiger partial charge on any atom is -0.456 e. The van der Waals surface area contributed by atoms with Crippen molar-refractivity contribution in [2.75, 3.05) is 4.90 Å². The Labute approximate surface area is 287 Å². The molecular weight excluding hydrogens is 595 g/mol. The molecule has 0 atom stereocenters. The number of hydrogen-bond donors (Lipinski definition) is 0. The third-order valence-corrected chi connectivity index (χ3v) is 11.1. The van der Waals surface area contributed by atoms with Crippen LogP contribution in [0.15, 0.2) is 114 Å². The van der Waals surface area contributed by atoms with Gasteiger partial charge in [-0.25, -0.2) is 0 Å². The van der Waals surface area contributed by atoms with Crippen LogP contribution < -0.4 is 21.3 Å². The highest BCUT2D eigenvalue weighted by atomic mass is 16.3. The zero-order chi connectivity index (χ0) is 33.6. The minimum absolute atomic E-state index is 0.0219. The van der Waals surface area contributed by atoms with E-state index in [4.69, 9.17) is 4.42 Å². The molecule has 0 N–H and O–H groups in total. The smallest absolute Gasteiger partial charge is 0.252 e. The molecule has 0 amide bonds. The van der Waals surface area contributed by atoms with Crippen LogP contribution in [0.4, 0.5) is 17.1 Å². The molecule has 6 aromatic carbocycles. The Bertz CT molecular complexity index is 2700. The van der Waals surface area contributed by atoms with E-state index in [1.165, 1.54) is 88.4 Å². The molecule has 0 radical (unpaired) electrons. The Hall–Kier alpha value is -5.22. The largest absolute Gasteiger partial charge is 0.456 e. The molecule has 0 saturated carbocycles. The van der Waals surface area contributed by atoms with Crippen molar-refractivity contribution < 1.29 is 4.42 Å². The van der Waals surface area contributed by atoms with Gasteiger partial charge in [0, 0.05) is 49.8 Å². The SMILES string of the molecule is Cc1cc2c3c(c1)-n1c4ccc5oc6ccccc6c5c4c4cccc(c41)B3c1cc(C(C)(C)C)ccc1N2c1ccc(C(C)(C)C)cc1. The van der Waals surface area contributed by atoms with Crippen LogP contribution in [-0.2, 0) is 10.8 Å². The summed E-state index contributed by atoms with van der Waals surface area (Å²) in [6.07, 6.45) is 0. The van der Waals surface area contributed by atoms with Crippen LogP contribution >= 0.6 is 0 Å². The first-order valence-corrected chi connectivity index (χ1v) is 17.6. The van der Waals surface area contributed by atoms with E-state index < -0.39 is 0 Å². The van der Waals surface area contributed by atoms with Crippen molar-refractivity contribution in [3.63, 3.8) is 0 Å². The van der Waals surface area contributed by atoms with Gasteiger partial charge in [-0.15, -0.1) is 0 Å². The number of nitrogens with zero attached hydrogens (tertiary/aromatic N) is 2. The van der Waals surface area contributed by atoms with Crippen LogP contribution in [-0.4, -0.2) is 11.3 Å². The molecule has 0 unspecified atom stereocenters. The van der Waals surface area contributed by atoms with Crippen LogP contribution in [0.3, 0.4) is 0 Å².